The number of carbonyl (C=O) groups excluding carboxylic acids is 1. The first kappa shape index (κ1) is 12.2. The minimum Gasteiger partial charge on any atom is -0.383 e. The highest BCUT2D eigenvalue weighted by atomic mass is 32.2. The Hall–Kier alpha value is -1.24. The van der Waals surface area contributed by atoms with Gasteiger partial charge in [0, 0.05) is 11.0 Å². The summed E-state index contributed by atoms with van der Waals surface area (Å²) in [5.74, 6) is 0.816. The first-order chi connectivity index (χ1) is 8.08. The maximum absolute atomic E-state index is 11.2. The quantitative estimate of drug-likeness (QED) is 0.276. The Morgan fingerprint density at radius 2 is 2.24 bits per heavy atom. The molecule has 2 rings (SSSR count). The van der Waals surface area contributed by atoms with E-state index in [1.54, 1.807) is 0 Å². The summed E-state index contributed by atoms with van der Waals surface area (Å²) in [7, 11) is 0. The fourth-order valence-electron chi connectivity index (χ4n) is 2.26. The summed E-state index contributed by atoms with van der Waals surface area (Å²) in [6, 6.07) is 0.408. The van der Waals surface area contributed by atoms with Crippen LogP contribution >= 0.6 is 11.8 Å². The molecule has 0 aromatic rings. The van der Waals surface area contributed by atoms with Crippen LogP contribution in [0, 0.1) is 10.8 Å². The van der Waals surface area contributed by atoms with Crippen LogP contribution in [0.3, 0.4) is 0 Å². The molecule has 0 aromatic carbocycles. The van der Waals surface area contributed by atoms with E-state index in [2.05, 4.69) is 10.6 Å². The molecule has 0 aromatic heterocycles. The number of hydrogen-bond acceptors (Lipinski definition) is 4. The fraction of sp³-hybridized carbons (Fsp3) is 0.700. The van der Waals surface area contributed by atoms with Gasteiger partial charge in [0.1, 0.15) is 5.84 Å². The average Bonchev–Trinajstić information content (AvgIpc) is 2.78. The highest BCUT2D eigenvalue weighted by Crippen LogP contribution is 2.32. The molecule has 2 fully saturated rings. The lowest BCUT2D eigenvalue weighted by molar-refractivity contribution is 0.247. The minimum atomic E-state index is -0.141. The molecule has 2 heterocycles. The Bertz CT molecular complexity index is 359. The number of fused-ring (bicyclic) bond motifs is 1. The molecule has 2 aliphatic heterocycles. The molecule has 6 nitrogen and oxygen atoms in total. The van der Waals surface area contributed by atoms with E-state index in [9.17, 15) is 4.79 Å². The standard InChI is InChI=1S/C10H17N5OS/c11-5(9(12)13)2-1-3-7-8-6(4-17-7)14-10(16)15-8/h6-8,11H,1-4H2,(H3,12,13)(H2,14,15,16)/t6-,7-,8-/m0/s1. The first-order valence-corrected chi connectivity index (χ1v) is 6.73. The van der Waals surface area contributed by atoms with Gasteiger partial charge in [-0.25, -0.2) is 4.79 Å². The van der Waals surface area contributed by atoms with Crippen molar-refractivity contribution in [1.29, 1.82) is 10.8 Å². The van der Waals surface area contributed by atoms with Gasteiger partial charge < -0.3 is 21.8 Å². The van der Waals surface area contributed by atoms with Crippen LogP contribution in [-0.4, -0.2) is 40.7 Å². The molecule has 6 N–H and O–H groups in total. The SMILES string of the molecule is N=C(N)C(=N)CCC[C@@H]1SC[C@@H]2NC(=O)N[C@@H]21. The van der Waals surface area contributed by atoms with Crippen molar-refractivity contribution in [2.75, 3.05) is 5.75 Å². The van der Waals surface area contributed by atoms with Crippen LogP contribution in [0.15, 0.2) is 0 Å². The van der Waals surface area contributed by atoms with E-state index in [0.717, 1.165) is 18.6 Å². The zero-order valence-corrected chi connectivity index (χ0v) is 10.3. The molecule has 94 valence electrons. The van der Waals surface area contributed by atoms with E-state index in [-0.39, 0.29) is 29.7 Å². The molecule has 0 radical (unpaired) electrons. The van der Waals surface area contributed by atoms with Gasteiger partial charge in [-0.15, -0.1) is 0 Å². The van der Waals surface area contributed by atoms with Crippen LogP contribution in [0.25, 0.3) is 0 Å². The Balaban J connectivity index is 1.75. The second kappa shape index (κ2) is 4.95. The van der Waals surface area contributed by atoms with Crippen LogP contribution in [0.2, 0.25) is 0 Å². The van der Waals surface area contributed by atoms with E-state index in [4.69, 9.17) is 16.6 Å². The van der Waals surface area contributed by atoms with E-state index in [0.29, 0.717) is 11.7 Å². The van der Waals surface area contributed by atoms with Crippen LogP contribution in [-0.2, 0) is 0 Å². The average molecular weight is 255 g/mol. The number of hydrogen-bond donors (Lipinski definition) is 5. The lowest BCUT2D eigenvalue weighted by Crippen LogP contribution is -2.36. The number of thioether (sulfide) groups is 1. The van der Waals surface area contributed by atoms with Gasteiger partial charge in [0.05, 0.1) is 17.8 Å². The molecule has 17 heavy (non-hydrogen) atoms. The molecule has 0 unspecified atom stereocenters. The first-order valence-electron chi connectivity index (χ1n) is 5.68. The fourth-order valence-corrected chi connectivity index (χ4v) is 3.80. The molecule has 2 amide bonds. The van der Waals surface area contributed by atoms with E-state index in [1.165, 1.54) is 0 Å². The number of nitrogens with two attached hydrogens (primary N) is 1. The predicted molar refractivity (Wildman–Crippen MR) is 69.0 cm³/mol. The number of urea groups is 1. The topological polar surface area (TPSA) is 115 Å². The summed E-state index contributed by atoms with van der Waals surface area (Å²) in [6.07, 6.45) is 2.34. The lowest BCUT2D eigenvalue weighted by atomic mass is 10.0. The van der Waals surface area contributed by atoms with Crippen molar-refractivity contribution in [3.05, 3.63) is 0 Å². The molecule has 0 spiro atoms. The number of amidine groups is 1. The monoisotopic (exact) mass is 255 g/mol. The van der Waals surface area contributed by atoms with Crippen molar-refractivity contribution in [2.24, 2.45) is 5.73 Å². The number of nitrogens with one attached hydrogen (secondary N) is 4. The summed E-state index contributed by atoms with van der Waals surface area (Å²) in [5.41, 5.74) is 5.43. The molecule has 2 saturated heterocycles. The Morgan fingerprint density at radius 1 is 1.47 bits per heavy atom. The normalized spacial score (nSPS) is 30.6. The smallest absolute Gasteiger partial charge is 0.315 e. The molecule has 2 aliphatic rings. The second-order valence-corrected chi connectivity index (χ2v) is 5.68. The zero-order chi connectivity index (χ0) is 12.4. The highest BCUT2D eigenvalue weighted by molar-refractivity contribution is 8.00. The third-order valence-electron chi connectivity index (χ3n) is 3.18. The molecule has 0 bridgehead atoms. The van der Waals surface area contributed by atoms with Crippen LogP contribution in [0.5, 0.6) is 0 Å². The Labute approximate surface area is 104 Å². The zero-order valence-electron chi connectivity index (χ0n) is 9.45. The van der Waals surface area contributed by atoms with Gasteiger partial charge in [-0.3, -0.25) is 5.41 Å². The van der Waals surface area contributed by atoms with E-state index in [1.807, 2.05) is 11.8 Å². The third kappa shape index (κ3) is 2.71. The Kier molecular flexibility index (Phi) is 3.56. The van der Waals surface area contributed by atoms with Crippen LogP contribution in [0.4, 0.5) is 4.79 Å². The largest absolute Gasteiger partial charge is 0.383 e. The molecule has 3 atom stereocenters. The van der Waals surface area contributed by atoms with Gasteiger partial charge in [0.2, 0.25) is 0 Å². The van der Waals surface area contributed by atoms with Crippen molar-refractivity contribution >= 4 is 29.3 Å². The van der Waals surface area contributed by atoms with Gasteiger partial charge in [0.15, 0.2) is 0 Å². The van der Waals surface area contributed by atoms with Crippen molar-refractivity contribution in [3.63, 3.8) is 0 Å². The van der Waals surface area contributed by atoms with Crippen molar-refractivity contribution < 1.29 is 4.79 Å². The van der Waals surface area contributed by atoms with Crippen molar-refractivity contribution in [3.8, 4) is 0 Å². The lowest BCUT2D eigenvalue weighted by Gasteiger charge is -2.16. The van der Waals surface area contributed by atoms with E-state index < -0.39 is 0 Å². The predicted octanol–water partition coefficient (Wildman–Crippen LogP) is 0.278. The highest BCUT2D eigenvalue weighted by Gasteiger charge is 2.42. The third-order valence-corrected chi connectivity index (χ3v) is 4.69. The molecule has 7 heteroatoms. The maximum Gasteiger partial charge on any atom is 0.315 e. The summed E-state index contributed by atoms with van der Waals surface area (Å²) in [6.45, 7) is 0. The summed E-state index contributed by atoms with van der Waals surface area (Å²) < 4.78 is 0. The molecular weight excluding hydrogens is 238 g/mol. The van der Waals surface area contributed by atoms with Crippen LogP contribution in [0.1, 0.15) is 19.3 Å². The van der Waals surface area contributed by atoms with Gasteiger partial charge in [-0.1, -0.05) is 0 Å². The van der Waals surface area contributed by atoms with Crippen molar-refractivity contribution in [2.45, 2.75) is 36.6 Å². The minimum absolute atomic E-state index is 0.0678. The molecular formula is C10H17N5OS. The molecule has 0 aliphatic carbocycles. The maximum atomic E-state index is 11.2. The second-order valence-electron chi connectivity index (χ2n) is 4.41. The van der Waals surface area contributed by atoms with E-state index >= 15 is 0 Å². The van der Waals surface area contributed by atoms with Crippen molar-refractivity contribution in [1.82, 2.24) is 10.6 Å². The van der Waals surface area contributed by atoms with Gasteiger partial charge in [-0.05, 0) is 19.3 Å². The van der Waals surface area contributed by atoms with Crippen LogP contribution < -0.4 is 16.4 Å². The molecule has 0 saturated carbocycles. The van der Waals surface area contributed by atoms with Gasteiger partial charge in [-0.2, -0.15) is 11.8 Å². The van der Waals surface area contributed by atoms with Gasteiger partial charge >= 0.3 is 6.03 Å². The summed E-state index contributed by atoms with van der Waals surface area (Å²) in [5, 5.41) is 20.8. The van der Waals surface area contributed by atoms with Gasteiger partial charge in [0.25, 0.3) is 0 Å². The number of carbonyl (C=O) groups is 1. The summed E-state index contributed by atoms with van der Waals surface area (Å²) in [4.78, 5) is 11.2. The summed E-state index contributed by atoms with van der Waals surface area (Å²) >= 11 is 1.86. The Morgan fingerprint density at radius 3 is 2.94 bits per heavy atom. The number of rotatable bonds is 5. The number of amides is 2.